The van der Waals surface area contributed by atoms with Gasteiger partial charge in [0, 0.05) is 41.2 Å². The van der Waals surface area contributed by atoms with Gasteiger partial charge in [0.2, 0.25) is 5.91 Å². The van der Waals surface area contributed by atoms with Gasteiger partial charge in [0.15, 0.2) is 0 Å². The van der Waals surface area contributed by atoms with Gasteiger partial charge in [0.1, 0.15) is 11.3 Å². The van der Waals surface area contributed by atoms with E-state index in [-0.39, 0.29) is 5.91 Å². The Balaban J connectivity index is 2.04. The Labute approximate surface area is 178 Å². The molecule has 1 N–H and O–H groups in total. The van der Waals surface area contributed by atoms with Gasteiger partial charge in [0.05, 0.1) is 12.9 Å². The van der Waals surface area contributed by atoms with Gasteiger partial charge in [-0.3, -0.25) is 4.79 Å². The van der Waals surface area contributed by atoms with E-state index in [1.54, 1.807) is 12.3 Å². The number of allylic oxidation sites excluding steroid dienone is 1. The van der Waals surface area contributed by atoms with E-state index < -0.39 is 0 Å². The molecule has 158 valence electrons. The van der Waals surface area contributed by atoms with Crippen LogP contribution in [0.1, 0.15) is 25.0 Å². The second-order valence-electron chi connectivity index (χ2n) is 7.63. The molecule has 1 aromatic heterocycles. The summed E-state index contributed by atoms with van der Waals surface area (Å²) < 4.78 is 11.9. The molecule has 30 heavy (non-hydrogen) atoms. The van der Waals surface area contributed by atoms with Crippen LogP contribution in [-0.2, 0) is 4.79 Å². The summed E-state index contributed by atoms with van der Waals surface area (Å²) in [5.74, 6) is 0.652. The van der Waals surface area contributed by atoms with Crippen molar-refractivity contribution in [3.05, 3.63) is 59.9 Å². The maximum absolute atomic E-state index is 12.4. The quantitative estimate of drug-likeness (QED) is 0.541. The van der Waals surface area contributed by atoms with Gasteiger partial charge in [-0.05, 0) is 52.1 Å². The molecule has 0 fully saturated rings. The minimum absolute atomic E-state index is 0.106. The fraction of sp³-hybridized carbons (Fsp3) is 0.320. The number of nitrogens with zero attached hydrogens (tertiary/aromatic N) is 1. The zero-order valence-corrected chi connectivity index (χ0v) is 18.4. The first kappa shape index (κ1) is 21.7. The molecule has 3 aromatic rings. The summed E-state index contributed by atoms with van der Waals surface area (Å²) in [5.41, 5.74) is 5.63. The van der Waals surface area contributed by atoms with Crippen LogP contribution in [0.4, 0.5) is 0 Å². The third-order valence-electron chi connectivity index (χ3n) is 5.05. The number of fused-ring (bicyclic) bond motifs is 1. The fourth-order valence-corrected chi connectivity index (χ4v) is 3.51. The molecule has 0 aliphatic heterocycles. The molecule has 5 nitrogen and oxygen atoms in total. The highest BCUT2D eigenvalue weighted by atomic mass is 16.5. The highest BCUT2D eigenvalue weighted by molar-refractivity contribution is 6.01. The SMILES string of the molecule is CCOc1c(/C(C)=C/C(=O)NCCN(C)C)cc2c(-c3ccccc3)coc2c1C. The molecule has 0 spiro atoms. The number of rotatable bonds is 8. The van der Waals surface area contributed by atoms with Gasteiger partial charge < -0.3 is 19.4 Å². The van der Waals surface area contributed by atoms with Crippen LogP contribution in [0.3, 0.4) is 0 Å². The Morgan fingerprint density at radius 2 is 1.97 bits per heavy atom. The molecule has 0 saturated carbocycles. The Kier molecular flexibility index (Phi) is 6.95. The van der Waals surface area contributed by atoms with Crippen LogP contribution in [0.15, 0.2) is 53.2 Å². The molecule has 0 unspecified atom stereocenters. The normalized spacial score (nSPS) is 11.9. The molecule has 5 heteroatoms. The van der Waals surface area contributed by atoms with E-state index in [0.717, 1.165) is 51.1 Å². The fourth-order valence-electron chi connectivity index (χ4n) is 3.51. The lowest BCUT2D eigenvalue weighted by Crippen LogP contribution is -2.30. The smallest absolute Gasteiger partial charge is 0.244 e. The lowest BCUT2D eigenvalue weighted by atomic mass is 9.96. The molecule has 0 aliphatic carbocycles. The summed E-state index contributed by atoms with van der Waals surface area (Å²) in [4.78, 5) is 14.4. The zero-order chi connectivity index (χ0) is 21.7. The molecular formula is C25H30N2O3. The third kappa shape index (κ3) is 4.74. The number of hydrogen-bond acceptors (Lipinski definition) is 4. The molecule has 0 aliphatic rings. The van der Waals surface area contributed by atoms with Gasteiger partial charge in [-0.2, -0.15) is 0 Å². The number of furan rings is 1. The number of hydrogen-bond donors (Lipinski definition) is 1. The minimum Gasteiger partial charge on any atom is -0.493 e. The molecule has 3 rings (SSSR count). The van der Waals surface area contributed by atoms with Crippen molar-refractivity contribution in [3.63, 3.8) is 0 Å². The minimum atomic E-state index is -0.106. The van der Waals surface area contributed by atoms with E-state index in [0.29, 0.717) is 13.2 Å². The molecule has 0 bridgehead atoms. The number of carbonyl (C=O) groups is 1. The largest absolute Gasteiger partial charge is 0.493 e. The number of amides is 1. The summed E-state index contributed by atoms with van der Waals surface area (Å²) in [7, 11) is 3.96. The summed E-state index contributed by atoms with van der Waals surface area (Å²) >= 11 is 0. The van der Waals surface area contributed by atoms with Crippen LogP contribution < -0.4 is 10.1 Å². The average molecular weight is 407 g/mol. The predicted octanol–water partition coefficient (Wildman–Crippen LogP) is 4.89. The van der Waals surface area contributed by atoms with Crippen LogP contribution >= 0.6 is 0 Å². The third-order valence-corrected chi connectivity index (χ3v) is 5.05. The van der Waals surface area contributed by atoms with Gasteiger partial charge in [-0.25, -0.2) is 0 Å². The Hall–Kier alpha value is -3.05. The van der Waals surface area contributed by atoms with Gasteiger partial charge in [0.25, 0.3) is 0 Å². The van der Waals surface area contributed by atoms with E-state index in [1.807, 2.05) is 58.0 Å². The summed E-state index contributed by atoms with van der Waals surface area (Å²) in [6, 6.07) is 12.2. The molecular weight excluding hydrogens is 376 g/mol. The number of aryl methyl sites for hydroxylation is 1. The van der Waals surface area contributed by atoms with Crippen LogP contribution in [0.2, 0.25) is 0 Å². The van der Waals surface area contributed by atoms with Crippen molar-refractivity contribution in [2.75, 3.05) is 33.8 Å². The second kappa shape index (κ2) is 9.63. The van der Waals surface area contributed by atoms with Crippen molar-refractivity contribution in [3.8, 4) is 16.9 Å². The van der Waals surface area contributed by atoms with Crippen LogP contribution in [0.5, 0.6) is 5.75 Å². The number of benzene rings is 2. The monoisotopic (exact) mass is 406 g/mol. The maximum Gasteiger partial charge on any atom is 0.244 e. The summed E-state index contributed by atoms with van der Waals surface area (Å²) in [5, 5.41) is 3.95. The predicted molar refractivity (Wildman–Crippen MR) is 123 cm³/mol. The zero-order valence-electron chi connectivity index (χ0n) is 18.4. The first-order valence-corrected chi connectivity index (χ1v) is 10.3. The van der Waals surface area contributed by atoms with Crippen molar-refractivity contribution < 1.29 is 13.9 Å². The number of carbonyl (C=O) groups excluding carboxylic acids is 1. The van der Waals surface area contributed by atoms with Crippen LogP contribution in [0, 0.1) is 6.92 Å². The first-order valence-electron chi connectivity index (χ1n) is 10.3. The summed E-state index contributed by atoms with van der Waals surface area (Å²) in [6.45, 7) is 7.83. The average Bonchev–Trinajstić information content (AvgIpc) is 3.14. The van der Waals surface area contributed by atoms with E-state index >= 15 is 0 Å². The molecule has 1 heterocycles. The van der Waals surface area contributed by atoms with Crippen molar-refractivity contribution in [1.82, 2.24) is 10.2 Å². The summed E-state index contributed by atoms with van der Waals surface area (Å²) in [6.07, 6.45) is 3.43. The lowest BCUT2D eigenvalue weighted by molar-refractivity contribution is -0.116. The number of ether oxygens (including phenoxy) is 1. The maximum atomic E-state index is 12.4. The first-order chi connectivity index (χ1) is 14.4. The Bertz CT molecular complexity index is 1050. The molecule has 2 aromatic carbocycles. The molecule has 0 radical (unpaired) electrons. The van der Waals surface area contributed by atoms with Crippen molar-refractivity contribution in [2.24, 2.45) is 0 Å². The molecule has 1 amide bonds. The van der Waals surface area contributed by atoms with E-state index in [9.17, 15) is 4.79 Å². The van der Waals surface area contributed by atoms with Crippen molar-refractivity contribution >= 4 is 22.4 Å². The second-order valence-corrected chi connectivity index (χ2v) is 7.63. The van der Waals surface area contributed by atoms with E-state index in [2.05, 4.69) is 23.5 Å². The van der Waals surface area contributed by atoms with Crippen molar-refractivity contribution in [2.45, 2.75) is 20.8 Å². The standard InChI is InChI=1S/C25H30N2O3/c1-6-29-24-18(3)25-21(22(16-30-25)19-10-8-7-9-11-19)15-20(24)17(2)14-23(28)26-12-13-27(4)5/h7-11,14-16H,6,12-13H2,1-5H3,(H,26,28)/b17-14+. The number of likely N-dealkylation sites (N-methyl/N-ethyl adjacent to an activating group) is 1. The van der Waals surface area contributed by atoms with Gasteiger partial charge >= 0.3 is 0 Å². The van der Waals surface area contributed by atoms with Crippen LogP contribution in [0.25, 0.3) is 27.7 Å². The molecule has 0 atom stereocenters. The highest BCUT2D eigenvalue weighted by Crippen LogP contribution is 2.40. The topological polar surface area (TPSA) is 54.7 Å². The van der Waals surface area contributed by atoms with Crippen LogP contribution in [-0.4, -0.2) is 44.6 Å². The lowest BCUT2D eigenvalue weighted by Gasteiger charge is -2.15. The Morgan fingerprint density at radius 1 is 1.23 bits per heavy atom. The Morgan fingerprint density at radius 3 is 2.63 bits per heavy atom. The van der Waals surface area contributed by atoms with E-state index in [1.165, 1.54) is 0 Å². The molecule has 0 saturated heterocycles. The van der Waals surface area contributed by atoms with Crippen molar-refractivity contribution in [1.29, 1.82) is 0 Å². The van der Waals surface area contributed by atoms with E-state index in [4.69, 9.17) is 9.15 Å². The number of nitrogens with one attached hydrogen (secondary N) is 1. The van der Waals surface area contributed by atoms with Gasteiger partial charge in [-0.15, -0.1) is 0 Å². The van der Waals surface area contributed by atoms with Gasteiger partial charge in [-0.1, -0.05) is 30.3 Å². The highest BCUT2D eigenvalue weighted by Gasteiger charge is 2.19.